The van der Waals surface area contributed by atoms with Gasteiger partial charge in [-0.2, -0.15) is 101 Å². The van der Waals surface area contributed by atoms with Gasteiger partial charge in [0.25, 0.3) is 6.69 Å². The largest absolute Gasteiger partial charge is 0.416 e. The molecule has 4 aromatic carbocycles. The van der Waals surface area contributed by atoms with Crippen molar-refractivity contribution < 1.29 is 83.9 Å². The lowest BCUT2D eigenvalue weighted by molar-refractivity contribution is -0.900. The Balaban J connectivity index is 0.000000795. The molecule has 4 aromatic rings. The molecular formula is C44H46BCl2F18NSi. The maximum absolute atomic E-state index is 14.3. The van der Waals surface area contributed by atoms with Crippen LogP contribution in [0.25, 0.3) is 0 Å². The number of hydrogen-bond acceptors (Lipinski definition) is 0. The van der Waals surface area contributed by atoms with Gasteiger partial charge in [-0.3, -0.25) is 0 Å². The molecule has 0 bridgehead atoms. The Morgan fingerprint density at radius 2 is 0.627 bits per heavy atom. The Morgan fingerprint density at radius 3 is 0.821 bits per heavy atom. The van der Waals surface area contributed by atoms with E-state index in [0.29, 0.717) is 12.1 Å². The van der Waals surface area contributed by atoms with Gasteiger partial charge in [-0.15, -0.1) is 22.2 Å². The van der Waals surface area contributed by atoms with Crippen LogP contribution in [0.2, 0.25) is 6.04 Å². The van der Waals surface area contributed by atoms with Gasteiger partial charge in [0.15, 0.2) is 0 Å². The quantitative estimate of drug-likeness (QED) is 0.0688. The molecule has 0 saturated carbocycles. The maximum Gasteiger partial charge on any atom is 0.416 e. The second-order valence-corrected chi connectivity index (χ2v) is 23.3. The van der Waals surface area contributed by atoms with E-state index in [4.69, 9.17) is 22.2 Å². The van der Waals surface area contributed by atoms with Crippen LogP contribution in [-0.4, -0.2) is 32.5 Å². The Hall–Kier alpha value is -3.56. The molecule has 0 atom stereocenters. The normalized spacial score (nSPS) is 13.5. The Labute approximate surface area is 386 Å². The second-order valence-electron chi connectivity index (χ2n) is 16.1. The van der Waals surface area contributed by atoms with E-state index in [9.17, 15) is 79.0 Å². The molecule has 0 heterocycles. The van der Waals surface area contributed by atoms with Crippen molar-refractivity contribution in [2.45, 2.75) is 109 Å². The molecule has 23 heteroatoms. The highest BCUT2D eigenvalue weighted by Crippen LogP contribution is 2.39. The van der Waals surface area contributed by atoms with Crippen LogP contribution in [0.4, 0.5) is 79.0 Å². The number of rotatable bonds is 15. The number of halogens is 20. The summed E-state index contributed by atoms with van der Waals surface area (Å²) in [5.41, 5.74) is -19.1. The number of alkyl halides is 18. The fraction of sp³-hybridized carbons (Fsp3) is 0.455. The van der Waals surface area contributed by atoms with Crippen LogP contribution in [0.15, 0.2) is 78.9 Å². The summed E-state index contributed by atoms with van der Waals surface area (Å²) in [6.07, 6.45) is -31.2. The molecule has 0 spiro atoms. The minimum absolute atomic E-state index is 0.0122. The number of quaternary nitrogens is 1. The molecule has 1 N–H and O–H groups in total. The lowest BCUT2D eigenvalue weighted by atomic mass is 9.12. The summed E-state index contributed by atoms with van der Waals surface area (Å²) in [4.78, 5) is 1.84. The van der Waals surface area contributed by atoms with Crippen LogP contribution in [0.3, 0.4) is 0 Å². The summed E-state index contributed by atoms with van der Waals surface area (Å²) in [6.45, 7) is 9.02. The van der Waals surface area contributed by atoms with Gasteiger partial charge < -0.3 is 4.90 Å². The molecular weight excluding hydrogens is 994 g/mol. The number of nitrogens with one attached hydrogen (secondary N) is 1. The van der Waals surface area contributed by atoms with Gasteiger partial charge in [-0.05, 0) is 48.7 Å². The van der Waals surface area contributed by atoms with Gasteiger partial charge in [0, 0.05) is 0 Å². The fourth-order valence-corrected chi connectivity index (χ4v) is 9.54. The third kappa shape index (κ3) is 15.0. The highest BCUT2D eigenvalue weighted by atomic mass is 35.7. The zero-order chi connectivity index (χ0) is 51.2. The van der Waals surface area contributed by atoms with E-state index in [0.717, 1.165) is 12.1 Å². The standard InChI is InChI=1S/C32H18BCl2F18Si.C12H27N/c1-2-54(34,35)26-5-3-22(4-6-26)33(23-10-16(27(36,37)38)7-17(11-23)28(39,40)41,24-12-18(29(42,43)44)8-19(13-24)30(45,46)47)25-14-20(31(48,49)50)9-21(15-25)32(51,52)53;1-4-7-10-13(11-8-5-2)12-9-6-3/h3-15H,2H2,1H3;4-12H2,1-3H3/q-1;/p+1. The monoisotopic (exact) mass is 1040 g/mol. The zero-order valence-electron chi connectivity index (χ0n) is 36.2. The van der Waals surface area contributed by atoms with E-state index in [2.05, 4.69) is 20.8 Å². The van der Waals surface area contributed by atoms with Crippen LogP contribution >= 0.6 is 22.2 Å². The maximum atomic E-state index is 14.3. The number of benzene rings is 4. The molecule has 0 amide bonds. The van der Waals surface area contributed by atoms with Crippen molar-refractivity contribution in [1.82, 2.24) is 0 Å². The topological polar surface area (TPSA) is 4.44 Å². The number of unbranched alkanes of at least 4 members (excludes halogenated alkanes) is 3. The second kappa shape index (κ2) is 22.0. The number of hydrogen-bond donors (Lipinski definition) is 1. The smallest absolute Gasteiger partial charge is 0.335 e. The Kier molecular flexibility index (Phi) is 19.0. The van der Waals surface area contributed by atoms with E-state index >= 15 is 0 Å². The molecule has 374 valence electrons. The van der Waals surface area contributed by atoms with Crippen molar-refractivity contribution in [3.63, 3.8) is 0 Å². The van der Waals surface area contributed by atoms with Crippen molar-refractivity contribution in [3.8, 4) is 0 Å². The fourth-order valence-electron chi connectivity index (χ4n) is 7.72. The molecule has 0 aromatic heterocycles. The van der Waals surface area contributed by atoms with Crippen LogP contribution in [0, 0.1) is 0 Å². The van der Waals surface area contributed by atoms with Crippen LogP contribution in [-0.2, 0) is 37.1 Å². The van der Waals surface area contributed by atoms with Crippen molar-refractivity contribution in [2.75, 3.05) is 19.6 Å². The van der Waals surface area contributed by atoms with Gasteiger partial charge in [-0.1, -0.05) is 108 Å². The lowest BCUT2D eigenvalue weighted by Crippen LogP contribution is -3.12. The summed E-state index contributed by atoms with van der Waals surface area (Å²) in [6, 6.07) is 0.525. The SMILES string of the molecule is CCCC[NH+](CCCC)CCCC.CC[Si](Cl)(Cl)c1ccc([B-](c2cc(C(F)(F)F)cc(C(F)(F)F)c2)(c2cc(C(F)(F)F)cc(C(F)(F)F)c2)c2cc(C(F)(F)F)cc(C(F)(F)F)c2)cc1. The summed E-state index contributed by atoms with van der Waals surface area (Å²) >= 11 is 12.7. The van der Waals surface area contributed by atoms with E-state index in [1.54, 1.807) is 0 Å². The molecule has 0 aliphatic rings. The van der Waals surface area contributed by atoms with Gasteiger partial charge >= 0.3 is 37.1 Å². The van der Waals surface area contributed by atoms with Crippen molar-refractivity contribution in [3.05, 3.63) is 112 Å². The molecule has 0 fully saturated rings. The molecule has 67 heavy (non-hydrogen) atoms. The highest BCUT2D eigenvalue weighted by Gasteiger charge is 2.45. The van der Waals surface area contributed by atoms with Crippen LogP contribution in [0.5, 0.6) is 0 Å². The summed E-state index contributed by atoms with van der Waals surface area (Å²) in [7, 11) is 0. The molecule has 0 aliphatic heterocycles. The first kappa shape index (κ1) is 57.8. The van der Waals surface area contributed by atoms with Crippen LogP contribution < -0.4 is 31.9 Å². The molecule has 0 radical (unpaired) electrons. The first-order chi connectivity index (χ1) is 30.6. The van der Waals surface area contributed by atoms with Crippen molar-refractivity contribution >= 4 is 62.0 Å². The summed E-state index contributed by atoms with van der Waals surface area (Å²) < 4.78 is 257. The third-order valence-corrected chi connectivity index (χ3v) is 16.2. The minimum atomic E-state index is -5.78. The van der Waals surface area contributed by atoms with E-state index in [-0.39, 0.29) is 47.6 Å². The summed E-state index contributed by atoms with van der Waals surface area (Å²) in [5.74, 6) is 0. The van der Waals surface area contributed by atoms with E-state index in [1.807, 2.05) is 4.90 Å². The summed E-state index contributed by atoms with van der Waals surface area (Å²) in [5, 5.41) is -0.0122. The molecule has 1 nitrogen and oxygen atoms in total. The van der Waals surface area contributed by atoms with Gasteiger partial charge in [0.1, 0.15) is 6.15 Å². The van der Waals surface area contributed by atoms with Crippen LogP contribution in [0.1, 0.15) is 99.6 Å². The van der Waals surface area contributed by atoms with Gasteiger partial charge in [0.2, 0.25) is 0 Å². The highest BCUT2D eigenvalue weighted by molar-refractivity contribution is 7.51. The minimum Gasteiger partial charge on any atom is -0.335 e. The predicted octanol–water partition coefficient (Wildman–Crippen LogP) is 12.6. The molecule has 0 saturated heterocycles. The van der Waals surface area contributed by atoms with Crippen molar-refractivity contribution in [1.29, 1.82) is 0 Å². The first-order valence-electron chi connectivity index (χ1n) is 20.9. The van der Waals surface area contributed by atoms with Gasteiger partial charge in [-0.25, -0.2) is 0 Å². The van der Waals surface area contributed by atoms with E-state index in [1.165, 1.54) is 65.1 Å². The molecule has 0 aliphatic carbocycles. The zero-order valence-corrected chi connectivity index (χ0v) is 38.7. The Bertz CT molecular complexity index is 1930. The van der Waals surface area contributed by atoms with E-state index < -0.39 is 123 Å². The average Bonchev–Trinajstić information content (AvgIpc) is 3.22. The Morgan fingerprint density at radius 1 is 0.388 bits per heavy atom. The lowest BCUT2D eigenvalue weighted by Gasteiger charge is -2.46. The van der Waals surface area contributed by atoms with Gasteiger partial charge in [0.05, 0.1) is 53.0 Å². The van der Waals surface area contributed by atoms with Crippen molar-refractivity contribution in [2.24, 2.45) is 0 Å². The third-order valence-electron chi connectivity index (χ3n) is 11.3. The molecule has 4 rings (SSSR count). The predicted molar refractivity (Wildman–Crippen MR) is 228 cm³/mol. The average molecular weight is 1040 g/mol. The molecule has 0 unspecified atom stereocenters. The first-order valence-corrected chi connectivity index (χ1v) is 25.2.